The van der Waals surface area contributed by atoms with Crippen molar-refractivity contribution in [2.75, 3.05) is 10.8 Å². The van der Waals surface area contributed by atoms with E-state index in [-0.39, 0.29) is 29.8 Å². The summed E-state index contributed by atoms with van der Waals surface area (Å²) in [6.07, 6.45) is 0.201. The highest BCUT2D eigenvalue weighted by Gasteiger charge is 2.35. The van der Waals surface area contributed by atoms with Crippen LogP contribution in [0, 0.1) is 6.92 Å². The lowest BCUT2D eigenvalue weighted by Crippen LogP contribution is -2.54. The summed E-state index contributed by atoms with van der Waals surface area (Å²) >= 11 is 12.7. The fourth-order valence-electron chi connectivity index (χ4n) is 4.73. The molecule has 0 saturated heterocycles. The van der Waals surface area contributed by atoms with Crippen molar-refractivity contribution < 1.29 is 18.0 Å². The van der Waals surface area contributed by atoms with E-state index in [0.717, 1.165) is 15.4 Å². The van der Waals surface area contributed by atoms with Gasteiger partial charge in [0.1, 0.15) is 12.6 Å². The third-order valence-electron chi connectivity index (χ3n) is 6.99. The van der Waals surface area contributed by atoms with Crippen LogP contribution in [0.4, 0.5) is 5.69 Å². The summed E-state index contributed by atoms with van der Waals surface area (Å²) in [7, 11) is -4.17. The molecule has 4 rings (SSSR count). The van der Waals surface area contributed by atoms with Crippen molar-refractivity contribution in [1.82, 2.24) is 10.2 Å². The Hall–Kier alpha value is -3.85. The van der Waals surface area contributed by atoms with Crippen molar-refractivity contribution in [3.8, 4) is 0 Å². The molecule has 0 fully saturated rings. The Kier molecular flexibility index (Phi) is 11.1. The van der Waals surface area contributed by atoms with Gasteiger partial charge < -0.3 is 10.2 Å². The highest BCUT2D eigenvalue weighted by molar-refractivity contribution is 7.92. The molecule has 0 spiro atoms. The fourth-order valence-corrected chi connectivity index (χ4v) is 6.61. The lowest BCUT2D eigenvalue weighted by atomic mass is 10.0. The first kappa shape index (κ1) is 33.1. The molecule has 1 N–H and O–H groups in total. The first-order valence-corrected chi connectivity index (χ1v) is 16.4. The second-order valence-electron chi connectivity index (χ2n) is 10.8. The summed E-state index contributed by atoms with van der Waals surface area (Å²) in [6.45, 7) is 4.94. The van der Waals surface area contributed by atoms with Crippen molar-refractivity contribution in [3.63, 3.8) is 0 Å². The molecule has 2 amide bonds. The third-order valence-corrected chi connectivity index (χ3v) is 9.36. The quantitative estimate of drug-likeness (QED) is 0.186. The summed E-state index contributed by atoms with van der Waals surface area (Å²) in [5.74, 6) is -0.940. The molecule has 7 nitrogen and oxygen atoms in total. The first-order valence-electron chi connectivity index (χ1n) is 14.2. The van der Waals surface area contributed by atoms with Crippen LogP contribution >= 0.6 is 23.2 Å². The van der Waals surface area contributed by atoms with Crippen molar-refractivity contribution >= 4 is 50.7 Å². The molecule has 10 heteroatoms. The summed E-state index contributed by atoms with van der Waals surface area (Å²) in [6, 6.07) is 28.0. The van der Waals surface area contributed by atoms with Gasteiger partial charge in [-0.15, -0.1) is 0 Å². The average Bonchev–Trinajstić information content (AvgIpc) is 2.99. The Balaban J connectivity index is 1.81. The maximum atomic E-state index is 14.4. The minimum Gasteiger partial charge on any atom is -0.352 e. The van der Waals surface area contributed by atoms with Gasteiger partial charge in [-0.2, -0.15) is 0 Å². The minimum absolute atomic E-state index is 0.0467. The van der Waals surface area contributed by atoms with E-state index in [1.807, 2.05) is 51.1 Å². The lowest BCUT2D eigenvalue weighted by Gasteiger charge is -2.34. The predicted octanol–water partition coefficient (Wildman–Crippen LogP) is 6.66. The van der Waals surface area contributed by atoms with Crippen LogP contribution in [0.15, 0.2) is 108 Å². The summed E-state index contributed by atoms with van der Waals surface area (Å²) in [4.78, 5) is 29.6. The van der Waals surface area contributed by atoms with Gasteiger partial charge in [-0.1, -0.05) is 95.5 Å². The van der Waals surface area contributed by atoms with Crippen LogP contribution in [0.1, 0.15) is 30.5 Å². The van der Waals surface area contributed by atoms with E-state index in [1.165, 1.54) is 17.0 Å². The Morgan fingerprint density at radius 2 is 1.45 bits per heavy atom. The van der Waals surface area contributed by atoms with Gasteiger partial charge in [0.25, 0.3) is 10.0 Å². The zero-order valence-corrected chi connectivity index (χ0v) is 27.1. The number of amides is 2. The fraction of sp³-hybridized carbons (Fsp3) is 0.235. The Morgan fingerprint density at radius 3 is 2.05 bits per heavy atom. The standard InChI is InChI=1S/C34H35Cl2N3O4S/c1-24(2)37-34(41)32(20-26-10-6-4-7-11-26)38(22-27-16-17-28(35)21-31(27)36)33(40)23-39(29-12-8-5-9-13-29)44(42,43)30-18-14-25(3)15-19-30/h4-19,21,24,32H,20,22-23H2,1-3H3,(H,37,41)/t32-/m1/s1. The molecule has 0 aliphatic heterocycles. The zero-order chi connectivity index (χ0) is 31.9. The second-order valence-corrected chi connectivity index (χ2v) is 13.5. The van der Waals surface area contributed by atoms with Gasteiger partial charge in [0, 0.05) is 29.1 Å². The molecular weight excluding hydrogens is 617 g/mol. The molecule has 0 aromatic heterocycles. The maximum Gasteiger partial charge on any atom is 0.264 e. The predicted molar refractivity (Wildman–Crippen MR) is 176 cm³/mol. The SMILES string of the molecule is Cc1ccc(S(=O)(=O)N(CC(=O)N(Cc2ccc(Cl)cc2Cl)[C@H](Cc2ccccc2)C(=O)NC(C)C)c2ccccc2)cc1. The van der Waals surface area contributed by atoms with Crippen molar-refractivity contribution in [2.24, 2.45) is 0 Å². The average molecular weight is 653 g/mol. The number of carbonyl (C=O) groups is 2. The summed E-state index contributed by atoms with van der Waals surface area (Å²) in [5, 5.41) is 3.69. The molecule has 44 heavy (non-hydrogen) atoms. The molecule has 0 bridgehead atoms. The van der Waals surface area contributed by atoms with Crippen LogP contribution in [-0.2, 0) is 32.6 Å². The number of nitrogens with one attached hydrogen (secondary N) is 1. The lowest BCUT2D eigenvalue weighted by molar-refractivity contribution is -0.140. The Bertz CT molecular complexity index is 1680. The van der Waals surface area contributed by atoms with E-state index in [4.69, 9.17) is 23.2 Å². The zero-order valence-electron chi connectivity index (χ0n) is 24.8. The number of sulfonamides is 1. The summed E-state index contributed by atoms with van der Waals surface area (Å²) < 4.78 is 29.1. The van der Waals surface area contributed by atoms with Crippen molar-refractivity contribution in [3.05, 3.63) is 130 Å². The van der Waals surface area contributed by atoms with Gasteiger partial charge in [-0.05, 0) is 68.3 Å². The number of hydrogen-bond acceptors (Lipinski definition) is 4. The van der Waals surface area contributed by atoms with E-state index in [2.05, 4.69) is 5.32 Å². The van der Waals surface area contributed by atoms with Gasteiger partial charge in [0.05, 0.1) is 10.6 Å². The number of halogens is 2. The Morgan fingerprint density at radius 1 is 0.841 bits per heavy atom. The molecule has 0 aliphatic rings. The molecule has 230 valence electrons. The largest absolute Gasteiger partial charge is 0.352 e. The van der Waals surface area contributed by atoms with Gasteiger partial charge in [0.15, 0.2) is 0 Å². The van der Waals surface area contributed by atoms with Gasteiger partial charge in [-0.3, -0.25) is 13.9 Å². The number of nitrogens with zero attached hydrogens (tertiary/aromatic N) is 2. The van der Waals surface area contributed by atoms with Crippen LogP contribution in [-0.4, -0.2) is 43.8 Å². The van der Waals surface area contributed by atoms with E-state index in [1.54, 1.807) is 60.7 Å². The van der Waals surface area contributed by atoms with Crippen LogP contribution < -0.4 is 9.62 Å². The number of carbonyl (C=O) groups excluding carboxylic acids is 2. The first-order chi connectivity index (χ1) is 21.0. The van der Waals surface area contributed by atoms with Crippen LogP contribution in [0.25, 0.3) is 0 Å². The Labute approximate surface area is 269 Å². The molecule has 0 aliphatic carbocycles. The third kappa shape index (κ3) is 8.40. The number of anilines is 1. The number of hydrogen-bond donors (Lipinski definition) is 1. The highest BCUT2D eigenvalue weighted by Crippen LogP contribution is 2.27. The van der Waals surface area contributed by atoms with Gasteiger partial charge in [-0.25, -0.2) is 8.42 Å². The number of aryl methyl sites for hydroxylation is 1. The molecule has 0 unspecified atom stereocenters. The van der Waals surface area contributed by atoms with Crippen LogP contribution in [0.2, 0.25) is 10.0 Å². The second kappa shape index (κ2) is 14.8. The van der Waals surface area contributed by atoms with E-state index < -0.39 is 28.5 Å². The topological polar surface area (TPSA) is 86.8 Å². The van der Waals surface area contributed by atoms with Crippen LogP contribution in [0.3, 0.4) is 0 Å². The van der Waals surface area contributed by atoms with E-state index in [9.17, 15) is 18.0 Å². The number of para-hydroxylation sites is 1. The highest BCUT2D eigenvalue weighted by atomic mass is 35.5. The van der Waals surface area contributed by atoms with Crippen molar-refractivity contribution in [2.45, 2.75) is 50.7 Å². The van der Waals surface area contributed by atoms with E-state index >= 15 is 0 Å². The molecular formula is C34H35Cl2N3O4S. The minimum atomic E-state index is -4.17. The van der Waals surface area contributed by atoms with E-state index in [0.29, 0.717) is 21.3 Å². The number of benzene rings is 4. The van der Waals surface area contributed by atoms with Gasteiger partial charge in [0.2, 0.25) is 11.8 Å². The summed E-state index contributed by atoms with van der Waals surface area (Å²) in [5.41, 5.74) is 2.62. The van der Waals surface area contributed by atoms with Gasteiger partial charge >= 0.3 is 0 Å². The normalized spacial score (nSPS) is 12.0. The van der Waals surface area contributed by atoms with Crippen LogP contribution in [0.5, 0.6) is 0 Å². The van der Waals surface area contributed by atoms with Crippen molar-refractivity contribution in [1.29, 1.82) is 0 Å². The molecule has 4 aromatic rings. The maximum absolute atomic E-state index is 14.4. The monoisotopic (exact) mass is 651 g/mol. The molecule has 4 aromatic carbocycles. The molecule has 1 atom stereocenters. The number of rotatable bonds is 12. The molecule has 0 radical (unpaired) electrons. The molecule has 0 heterocycles. The molecule has 0 saturated carbocycles. The smallest absolute Gasteiger partial charge is 0.264 e.